The summed E-state index contributed by atoms with van der Waals surface area (Å²) in [6, 6.07) is 4.36. The first-order chi connectivity index (χ1) is 8.15. The summed E-state index contributed by atoms with van der Waals surface area (Å²) in [4.78, 5) is 17.5. The number of nitrogens with one attached hydrogen (secondary N) is 1. The van der Waals surface area contributed by atoms with E-state index >= 15 is 0 Å². The first-order valence-electron chi connectivity index (χ1n) is 4.93. The summed E-state index contributed by atoms with van der Waals surface area (Å²) >= 11 is 3.05. The number of benzene rings is 1. The highest BCUT2D eigenvalue weighted by Crippen LogP contribution is 2.10. The molecule has 0 fully saturated rings. The molecule has 2 aromatic rings. The first-order valence-corrected chi connectivity index (χ1v) is 6.05. The van der Waals surface area contributed by atoms with E-state index in [1.165, 1.54) is 12.1 Å². The maximum absolute atomic E-state index is 12.7. The molecule has 0 aliphatic rings. The highest BCUT2D eigenvalue weighted by molar-refractivity contribution is 9.09. The monoisotopic (exact) mass is 298 g/mol. The van der Waals surface area contributed by atoms with Gasteiger partial charge < -0.3 is 4.98 Å². The standard InChI is InChI=1S/C9H8BrFO.C3H4N2/c1-6-4-7(9(12)5-10)2-3-8(6)11;1-2-5-3-4-1/h2-4H,5H2,1H3;1-3H,(H,4,5). The van der Waals surface area contributed by atoms with Crippen molar-refractivity contribution < 1.29 is 9.18 Å². The van der Waals surface area contributed by atoms with Crippen LogP contribution < -0.4 is 0 Å². The molecule has 0 saturated carbocycles. The number of Topliss-reactive ketones (excluding diaryl/α,β-unsaturated/α-hetero) is 1. The molecule has 1 aromatic heterocycles. The van der Waals surface area contributed by atoms with E-state index in [0.29, 0.717) is 11.1 Å². The van der Waals surface area contributed by atoms with Gasteiger partial charge in [0.15, 0.2) is 5.78 Å². The zero-order valence-corrected chi connectivity index (χ0v) is 10.9. The molecule has 0 aliphatic heterocycles. The number of carbonyl (C=O) groups is 1. The summed E-state index contributed by atoms with van der Waals surface area (Å²) in [6.45, 7) is 1.64. The SMILES string of the molecule is Cc1cc(C(=O)CBr)ccc1F.c1c[nH]cn1. The Kier molecular flexibility index (Phi) is 5.56. The van der Waals surface area contributed by atoms with Crippen LogP contribution in [0.3, 0.4) is 0 Å². The second-order valence-corrected chi connectivity index (χ2v) is 3.84. The van der Waals surface area contributed by atoms with Gasteiger partial charge in [-0.2, -0.15) is 0 Å². The van der Waals surface area contributed by atoms with Crippen LogP contribution in [0.1, 0.15) is 15.9 Å². The fraction of sp³-hybridized carbons (Fsp3) is 0.167. The third-order valence-corrected chi connectivity index (χ3v) is 2.52. The van der Waals surface area contributed by atoms with Gasteiger partial charge in [-0.25, -0.2) is 9.37 Å². The Labute approximate surface area is 107 Å². The van der Waals surface area contributed by atoms with E-state index < -0.39 is 0 Å². The van der Waals surface area contributed by atoms with Crippen LogP contribution in [0.2, 0.25) is 0 Å². The van der Waals surface area contributed by atoms with E-state index in [2.05, 4.69) is 25.9 Å². The lowest BCUT2D eigenvalue weighted by atomic mass is 10.1. The van der Waals surface area contributed by atoms with Gasteiger partial charge in [0, 0.05) is 18.0 Å². The van der Waals surface area contributed by atoms with Crippen molar-refractivity contribution in [2.24, 2.45) is 0 Å². The molecule has 3 nitrogen and oxygen atoms in total. The van der Waals surface area contributed by atoms with Crippen molar-refractivity contribution in [2.45, 2.75) is 6.92 Å². The summed E-state index contributed by atoms with van der Waals surface area (Å²) in [6.07, 6.45) is 5.08. The van der Waals surface area contributed by atoms with Crippen LogP contribution in [-0.2, 0) is 0 Å². The van der Waals surface area contributed by atoms with Crippen LogP contribution in [0, 0.1) is 12.7 Å². The van der Waals surface area contributed by atoms with Gasteiger partial charge in [0.2, 0.25) is 0 Å². The third-order valence-electron chi connectivity index (χ3n) is 2.01. The fourth-order valence-corrected chi connectivity index (χ4v) is 1.43. The molecule has 0 radical (unpaired) electrons. The maximum atomic E-state index is 12.7. The average Bonchev–Trinajstić information content (AvgIpc) is 2.90. The molecule has 0 atom stereocenters. The predicted octanol–water partition coefficient (Wildman–Crippen LogP) is 3.12. The van der Waals surface area contributed by atoms with E-state index in [4.69, 9.17) is 0 Å². The Morgan fingerprint density at radius 3 is 2.71 bits per heavy atom. The van der Waals surface area contributed by atoms with Gasteiger partial charge in [0.05, 0.1) is 11.7 Å². The number of halogens is 2. The number of alkyl halides is 1. The summed E-state index contributed by atoms with van der Waals surface area (Å²) in [5.41, 5.74) is 1.05. The number of carbonyl (C=O) groups excluding carboxylic acids is 1. The zero-order chi connectivity index (χ0) is 12.7. The largest absolute Gasteiger partial charge is 0.351 e. The summed E-state index contributed by atoms with van der Waals surface area (Å²) < 4.78 is 12.7. The van der Waals surface area contributed by atoms with Crippen molar-refractivity contribution in [1.29, 1.82) is 0 Å². The molecule has 17 heavy (non-hydrogen) atoms. The van der Waals surface area contributed by atoms with E-state index in [1.807, 2.05) is 0 Å². The average molecular weight is 299 g/mol. The number of H-pyrrole nitrogens is 1. The van der Waals surface area contributed by atoms with Crippen LogP contribution >= 0.6 is 15.9 Å². The van der Waals surface area contributed by atoms with Crippen molar-refractivity contribution in [2.75, 3.05) is 5.33 Å². The number of ketones is 1. The van der Waals surface area contributed by atoms with Crippen molar-refractivity contribution >= 4 is 21.7 Å². The van der Waals surface area contributed by atoms with Gasteiger partial charge in [-0.05, 0) is 30.7 Å². The molecule has 0 unspecified atom stereocenters. The Morgan fingerprint density at radius 2 is 2.29 bits per heavy atom. The lowest BCUT2D eigenvalue weighted by Crippen LogP contribution is -2.00. The van der Waals surface area contributed by atoms with Gasteiger partial charge in [-0.3, -0.25) is 4.79 Å². The highest BCUT2D eigenvalue weighted by atomic mass is 79.9. The molecule has 1 heterocycles. The van der Waals surface area contributed by atoms with Gasteiger partial charge in [0.1, 0.15) is 5.82 Å². The van der Waals surface area contributed by atoms with Crippen molar-refractivity contribution in [3.63, 3.8) is 0 Å². The molecule has 5 heteroatoms. The topological polar surface area (TPSA) is 45.8 Å². The lowest BCUT2D eigenvalue weighted by Gasteiger charge is -1.99. The van der Waals surface area contributed by atoms with Crippen molar-refractivity contribution in [1.82, 2.24) is 9.97 Å². The molecule has 0 bridgehead atoms. The van der Waals surface area contributed by atoms with Crippen molar-refractivity contribution in [3.8, 4) is 0 Å². The molecule has 0 spiro atoms. The van der Waals surface area contributed by atoms with E-state index in [0.717, 1.165) is 0 Å². The van der Waals surface area contributed by atoms with Crippen LogP contribution in [0.5, 0.6) is 0 Å². The van der Waals surface area contributed by atoms with Crippen molar-refractivity contribution in [3.05, 3.63) is 53.9 Å². The summed E-state index contributed by atoms with van der Waals surface area (Å²) in [5, 5.41) is 0.276. The van der Waals surface area contributed by atoms with Gasteiger partial charge in [-0.15, -0.1) is 0 Å². The first kappa shape index (κ1) is 13.6. The number of aryl methyl sites for hydroxylation is 1. The van der Waals surface area contributed by atoms with Gasteiger partial charge >= 0.3 is 0 Å². The van der Waals surface area contributed by atoms with E-state index in [1.54, 1.807) is 31.7 Å². The number of rotatable bonds is 2. The molecule has 0 amide bonds. The van der Waals surface area contributed by atoms with E-state index in [9.17, 15) is 9.18 Å². The quantitative estimate of drug-likeness (QED) is 0.684. The predicted molar refractivity (Wildman–Crippen MR) is 67.8 cm³/mol. The number of hydrogen-bond acceptors (Lipinski definition) is 2. The van der Waals surface area contributed by atoms with Crippen LogP contribution in [0.4, 0.5) is 4.39 Å². The lowest BCUT2D eigenvalue weighted by molar-refractivity contribution is 0.102. The van der Waals surface area contributed by atoms with Gasteiger partial charge in [-0.1, -0.05) is 15.9 Å². The summed E-state index contributed by atoms with van der Waals surface area (Å²) in [5.74, 6) is -0.306. The molecule has 1 aromatic carbocycles. The minimum Gasteiger partial charge on any atom is -0.351 e. The zero-order valence-electron chi connectivity index (χ0n) is 9.28. The van der Waals surface area contributed by atoms with Crippen LogP contribution in [0.25, 0.3) is 0 Å². The Hall–Kier alpha value is -1.49. The van der Waals surface area contributed by atoms with Crippen LogP contribution in [-0.4, -0.2) is 21.1 Å². The molecule has 1 N–H and O–H groups in total. The molecule has 0 aliphatic carbocycles. The molecular formula is C12H12BrFN2O. The van der Waals surface area contributed by atoms with E-state index in [-0.39, 0.29) is 16.9 Å². The number of hydrogen-bond donors (Lipinski definition) is 1. The fourth-order valence-electron chi connectivity index (χ4n) is 1.11. The molecular weight excluding hydrogens is 287 g/mol. The number of imidazole rings is 1. The van der Waals surface area contributed by atoms with Crippen LogP contribution in [0.15, 0.2) is 36.9 Å². The molecule has 2 rings (SSSR count). The second kappa shape index (κ2) is 6.96. The van der Waals surface area contributed by atoms with Gasteiger partial charge in [0.25, 0.3) is 0 Å². The minimum absolute atomic E-state index is 0.0295. The maximum Gasteiger partial charge on any atom is 0.173 e. The smallest absolute Gasteiger partial charge is 0.173 e. The molecule has 0 saturated heterocycles. The Bertz CT molecular complexity index is 454. The minimum atomic E-state index is -0.277. The normalized spacial score (nSPS) is 9.35. The highest BCUT2D eigenvalue weighted by Gasteiger charge is 2.05. The number of aromatic amines is 1. The summed E-state index contributed by atoms with van der Waals surface area (Å²) in [7, 11) is 0. The second-order valence-electron chi connectivity index (χ2n) is 3.28. The number of nitrogens with zero attached hydrogens (tertiary/aromatic N) is 1. The Morgan fingerprint density at radius 1 is 1.53 bits per heavy atom. The third kappa shape index (κ3) is 4.48. The Balaban J connectivity index is 0.000000239. The number of aromatic nitrogens is 2. The molecule has 90 valence electrons.